The molecule has 1 heterocycles. The van der Waals surface area contributed by atoms with Crippen LogP contribution in [0, 0.1) is 0 Å². The summed E-state index contributed by atoms with van der Waals surface area (Å²) in [5, 5.41) is 3.63. The lowest BCUT2D eigenvalue weighted by Gasteiger charge is -2.42. The molecule has 1 aliphatic heterocycles. The average molecular weight is 202 g/mol. The summed E-state index contributed by atoms with van der Waals surface area (Å²) < 4.78 is 0. The molecule has 0 atom stereocenters. The van der Waals surface area contributed by atoms with Gasteiger partial charge in [-0.05, 0) is 47.0 Å². The highest BCUT2D eigenvalue weighted by Crippen LogP contribution is 2.27. The second-order valence-corrected chi connectivity index (χ2v) is 4.75. The van der Waals surface area contributed by atoms with Gasteiger partial charge in [0.1, 0.15) is 0 Å². The molecule has 70 valence electrons. The Bertz CT molecular complexity index is 120. The SMILES string of the molecule is CC1(C)CCCC(C)(C)N1.Cl.[Mg]. The number of halogens is 1. The van der Waals surface area contributed by atoms with Crippen LogP contribution >= 0.6 is 12.4 Å². The monoisotopic (exact) mass is 201 g/mol. The summed E-state index contributed by atoms with van der Waals surface area (Å²) in [6.07, 6.45) is 4.00. The second kappa shape index (κ2) is 5.04. The maximum Gasteiger partial charge on any atom is 0.0130 e. The minimum Gasteiger partial charge on any atom is -0.307 e. The molecule has 0 spiro atoms. The molecule has 1 rings (SSSR count). The fourth-order valence-corrected chi connectivity index (χ4v) is 2.01. The largest absolute Gasteiger partial charge is 0.307 e. The summed E-state index contributed by atoms with van der Waals surface area (Å²) in [5.74, 6) is 0. The second-order valence-electron chi connectivity index (χ2n) is 4.75. The molecule has 0 aromatic carbocycles. The van der Waals surface area contributed by atoms with Gasteiger partial charge in [0, 0.05) is 34.1 Å². The fourth-order valence-electron chi connectivity index (χ4n) is 2.01. The van der Waals surface area contributed by atoms with Gasteiger partial charge in [0.05, 0.1) is 0 Å². The van der Waals surface area contributed by atoms with Crippen molar-refractivity contribution in [1.29, 1.82) is 0 Å². The standard InChI is InChI=1S/C9H19N.ClH.Mg/c1-8(2)6-5-7-9(3,4)10-8;;/h10H,5-7H2,1-4H3;1H;. The van der Waals surface area contributed by atoms with Crippen LogP contribution in [0.1, 0.15) is 47.0 Å². The van der Waals surface area contributed by atoms with Gasteiger partial charge in [-0.2, -0.15) is 0 Å². The molecule has 1 fully saturated rings. The summed E-state index contributed by atoms with van der Waals surface area (Å²) in [6, 6.07) is 0. The predicted octanol–water partition coefficient (Wildman–Crippen LogP) is 2.36. The molecule has 1 N–H and O–H groups in total. The molecule has 0 unspecified atom stereocenters. The van der Waals surface area contributed by atoms with Crippen molar-refractivity contribution in [3.63, 3.8) is 0 Å². The highest BCUT2D eigenvalue weighted by atomic mass is 35.5. The minimum absolute atomic E-state index is 0. The lowest BCUT2D eigenvalue weighted by molar-refractivity contribution is 0.183. The summed E-state index contributed by atoms with van der Waals surface area (Å²) in [7, 11) is 0. The van der Waals surface area contributed by atoms with E-state index in [4.69, 9.17) is 0 Å². The molecule has 2 radical (unpaired) electrons. The van der Waals surface area contributed by atoms with Crippen molar-refractivity contribution in [3.8, 4) is 0 Å². The normalized spacial score (nSPS) is 25.0. The molecular weight excluding hydrogens is 182 g/mol. The Balaban J connectivity index is 0. The van der Waals surface area contributed by atoms with Crippen molar-refractivity contribution in [1.82, 2.24) is 5.32 Å². The zero-order valence-corrected chi connectivity index (χ0v) is 11.0. The van der Waals surface area contributed by atoms with E-state index in [1.54, 1.807) is 0 Å². The average Bonchev–Trinajstić information content (AvgIpc) is 1.56. The van der Waals surface area contributed by atoms with Crippen molar-refractivity contribution >= 4 is 35.5 Å². The smallest absolute Gasteiger partial charge is 0.0130 e. The van der Waals surface area contributed by atoms with Gasteiger partial charge in [-0.3, -0.25) is 0 Å². The van der Waals surface area contributed by atoms with Crippen molar-refractivity contribution < 1.29 is 0 Å². The first-order valence-corrected chi connectivity index (χ1v) is 4.21. The fraction of sp³-hybridized carbons (Fsp3) is 1.00. The van der Waals surface area contributed by atoms with Gasteiger partial charge in [0.15, 0.2) is 0 Å². The summed E-state index contributed by atoms with van der Waals surface area (Å²) in [6.45, 7) is 9.14. The van der Waals surface area contributed by atoms with Gasteiger partial charge in [-0.1, -0.05) is 0 Å². The number of piperidine rings is 1. The molecular formula is C9H20ClMgN. The molecule has 0 aromatic rings. The third kappa shape index (κ3) is 4.90. The first kappa shape index (κ1) is 15.5. The van der Waals surface area contributed by atoms with E-state index in [1.807, 2.05) is 0 Å². The zero-order chi connectivity index (χ0) is 7.83. The van der Waals surface area contributed by atoms with Gasteiger partial charge < -0.3 is 5.32 Å². The highest BCUT2D eigenvalue weighted by Gasteiger charge is 2.31. The lowest BCUT2D eigenvalue weighted by atomic mass is 9.83. The summed E-state index contributed by atoms with van der Waals surface area (Å²) >= 11 is 0. The molecule has 0 amide bonds. The summed E-state index contributed by atoms with van der Waals surface area (Å²) in [5.41, 5.74) is 0.726. The Morgan fingerprint density at radius 1 is 0.917 bits per heavy atom. The minimum atomic E-state index is 0. The van der Waals surface area contributed by atoms with E-state index >= 15 is 0 Å². The maximum absolute atomic E-state index is 3.63. The molecule has 1 aliphatic rings. The molecule has 1 saturated heterocycles. The van der Waals surface area contributed by atoms with E-state index in [1.165, 1.54) is 19.3 Å². The van der Waals surface area contributed by atoms with E-state index in [2.05, 4.69) is 33.0 Å². The van der Waals surface area contributed by atoms with E-state index in [0.717, 1.165) is 0 Å². The van der Waals surface area contributed by atoms with Crippen LogP contribution in [0.2, 0.25) is 0 Å². The van der Waals surface area contributed by atoms with Gasteiger partial charge in [0.25, 0.3) is 0 Å². The summed E-state index contributed by atoms with van der Waals surface area (Å²) in [4.78, 5) is 0. The Kier molecular flexibility index (Phi) is 6.50. The van der Waals surface area contributed by atoms with E-state index < -0.39 is 0 Å². The molecule has 1 nitrogen and oxygen atoms in total. The van der Waals surface area contributed by atoms with Crippen molar-refractivity contribution in [2.45, 2.75) is 58.0 Å². The van der Waals surface area contributed by atoms with Crippen molar-refractivity contribution in [3.05, 3.63) is 0 Å². The molecule has 0 aromatic heterocycles. The van der Waals surface area contributed by atoms with Crippen LogP contribution in [0.25, 0.3) is 0 Å². The first-order valence-electron chi connectivity index (χ1n) is 4.21. The predicted molar refractivity (Wildman–Crippen MR) is 58.1 cm³/mol. The third-order valence-electron chi connectivity index (χ3n) is 2.28. The van der Waals surface area contributed by atoms with Gasteiger partial charge in [-0.15, -0.1) is 12.4 Å². The molecule has 0 aliphatic carbocycles. The third-order valence-corrected chi connectivity index (χ3v) is 2.28. The quantitative estimate of drug-likeness (QED) is 0.594. The van der Waals surface area contributed by atoms with Crippen molar-refractivity contribution in [2.75, 3.05) is 0 Å². The van der Waals surface area contributed by atoms with Crippen LogP contribution in [-0.4, -0.2) is 34.1 Å². The number of rotatable bonds is 0. The van der Waals surface area contributed by atoms with Crippen LogP contribution in [0.15, 0.2) is 0 Å². The van der Waals surface area contributed by atoms with E-state index in [9.17, 15) is 0 Å². The first-order chi connectivity index (χ1) is 4.41. The van der Waals surface area contributed by atoms with Gasteiger partial charge >= 0.3 is 0 Å². The van der Waals surface area contributed by atoms with Crippen LogP contribution in [0.4, 0.5) is 0 Å². The Morgan fingerprint density at radius 3 is 1.42 bits per heavy atom. The highest BCUT2D eigenvalue weighted by molar-refractivity contribution is 5.85. The van der Waals surface area contributed by atoms with Gasteiger partial charge in [-0.25, -0.2) is 0 Å². The maximum atomic E-state index is 3.63. The zero-order valence-electron chi connectivity index (χ0n) is 8.74. The van der Waals surface area contributed by atoms with Crippen molar-refractivity contribution in [2.24, 2.45) is 0 Å². The number of hydrogen-bond donors (Lipinski definition) is 1. The molecule has 0 bridgehead atoms. The molecule has 12 heavy (non-hydrogen) atoms. The van der Waals surface area contributed by atoms with E-state index in [-0.39, 0.29) is 35.5 Å². The van der Waals surface area contributed by atoms with Crippen LogP contribution in [0.3, 0.4) is 0 Å². The Morgan fingerprint density at radius 2 is 1.25 bits per heavy atom. The molecule has 0 saturated carbocycles. The van der Waals surface area contributed by atoms with Crippen LogP contribution in [-0.2, 0) is 0 Å². The Labute approximate surface area is 98.6 Å². The van der Waals surface area contributed by atoms with Crippen LogP contribution in [0.5, 0.6) is 0 Å². The lowest BCUT2D eigenvalue weighted by Crippen LogP contribution is -2.55. The van der Waals surface area contributed by atoms with E-state index in [0.29, 0.717) is 11.1 Å². The number of nitrogens with one attached hydrogen (secondary N) is 1. The van der Waals surface area contributed by atoms with Gasteiger partial charge in [0.2, 0.25) is 0 Å². The molecule has 3 heteroatoms. The topological polar surface area (TPSA) is 12.0 Å². The number of hydrogen-bond acceptors (Lipinski definition) is 1. The Hall–Kier alpha value is 1.02. The van der Waals surface area contributed by atoms with Crippen LogP contribution < -0.4 is 5.32 Å².